The monoisotopic (exact) mass is 319 g/mol. The van der Waals surface area contributed by atoms with E-state index in [2.05, 4.69) is 5.32 Å². The van der Waals surface area contributed by atoms with Gasteiger partial charge < -0.3 is 10.1 Å². The zero-order valence-electron chi connectivity index (χ0n) is 10.1. The van der Waals surface area contributed by atoms with Gasteiger partial charge >= 0.3 is 35.5 Å². The Morgan fingerprint density at radius 2 is 1.70 bits per heavy atom. The van der Waals surface area contributed by atoms with Crippen LogP contribution in [0.25, 0.3) is 0 Å². The van der Waals surface area contributed by atoms with E-state index in [9.17, 15) is 4.79 Å². The molecule has 0 spiro atoms. The van der Waals surface area contributed by atoms with Crippen molar-refractivity contribution in [3.63, 3.8) is 0 Å². The first-order valence-electron chi connectivity index (χ1n) is 5.56. The molecule has 0 atom stereocenters. The molecule has 0 aromatic heterocycles. The Balaban J connectivity index is 0.00000200. The summed E-state index contributed by atoms with van der Waals surface area (Å²) >= 11 is 12.1. The van der Waals surface area contributed by atoms with Gasteiger partial charge in [-0.05, 0) is 24.3 Å². The number of ether oxygens (including phenoxy) is 1. The van der Waals surface area contributed by atoms with Gasteiger partial charge in [0.15, 0.2) is 0 Å². The molecule has 0 unspecified atom stereocenters. The van der Waals surface area contributed by atoms with Gasteiger partial charge in [-0.3, -0.25) is 4.79 Å². The second-order valence-electron chi connectivity index (χ2n) is 3.84. The summed E-state index contributed by atoms with van der Waals surface area (Å²) < 4.78 is 5.01. The minimum atomic E-state index is -0.368. The summed E-state index contributed by atoms with van der Waals surface area (Å²) in [5.41, 5.74) is 1.35. The van der Waals surface area contributed by atoms with Crippen LogP contribution in [0.4, 0.5) is 11.4 Å². The van der Waals surface area contributed by atoms with E-state index < -0.39 is 0 Å². The number of rotatable bonds is 3. The van der Waals surface area contributed by atoms with Crippen molar-refractivity contribution in [3.8, 4) is 5.75 Å². The predicted molar refractivity (Wildman–Crippen MR) is 84.6 cm³/mol. The standard InChI is InChI=1S/C14H11Cl2NO2.Na.H/c1-9(18)19-11-5-2-4-10(8-11)17-14-12(15)6-3-7-13(14)16;;/h2-8,17H,1H3;;. The van der Waals surface area contributed by atoms with Crippen molar-refractivity contribution >= 4 is 70.1 Å². The molecule has 0 fully saturated rings. The van der Waals surface area contributed by atoms with Gasteiger partial charge in [-0.1, -0.05) is 35.3 Å². The number of nitrogens with one attached hydrogen (secondary N) is 1. The van der Waals surface area contributed by atoms with E-state index in [4.69, 9.17) is 27.9 Å². The van der Waals surface area contributed by atoms with E-state index in [0.717, 1.165) is 5.69 Å². The van der Waals surface area contributed by atoms with Crippen molar-refractivity contribution < 1.29 is 9.53 Å². The number of carbonyl (C=O) groups is 1. The Morgan fingerprint density at radius 3 is 2.30 bits per heavy atom. The van der Waals surface area contributed by atoms with Gasteiger partial charge in [-0.25, -0.2) is 0 Å². The number of hydrogen-bond donors (Lipinski definition) is 1. The molecule has 0 amide bonds. The third-order valence-corrected chi connectivity index (χ3v) is 2.96. The second kappa shape index (κ2) is 7.91. The molecule has 3 nitrogen and oxygen atoms in total. The van der Waals surface area contributed by atoms with E-state index >= 15 is 0 Å². The van der Waals surface area contributed by atoms with Gasteiger partial charge in [0.2, 0.25) is 0 Å². The maximum atomic E-state index is 10.9. The first-order valence-corrected chi connectivity index (χ1v) is 6.31. The first kappa shape index (κ1) is 17.3. The molecule has 0 saturated carbocycles. The van der Waals surface area contributed by atoms with E-state index in [1.165, 1.54) is 6.92 Å². The third kappa shape index (κ3) is 4.69. The van der Waals surface area contributed by atoms with E-state index in [1.54, 1.807) is 36.4 Å². The van der Waals surface area contributed by atoms with Gasteiger partial charge in [0.05, 0.1) is 15.7 Å². The number of anilines is 2. The fraction of sp³-hybridized carbons (Fsp3) is 0.0714. The zero-order chi connectivity index (χ0) is 13.8. The van der Waals surface area contributed by atoms with Crippen LogP contribution < -0.4 is 10.1 Å². The Morgan fingerprint density at radius 1 is 1.10 bits per heavy atom. The zero-order valence-corrected chi connectivity index (χ0v) is 11.6. The predicted octanol–water partition coefficient (Wildman–Crippen LogP) is 4.01. The van der Waals surface area contributed by atoms with E-state index in [-0.39, 0.29) is 35.5 Å². The van der Waals surface area contributed by atoms with Crippen molar-refractivity contribution in [2.45, 2.75) is 6.92 Å². The Hall–Kier alpha value is -0.710. The van der Waals surface area contributed by atoms with Gasteiger partial charge in [-0.2, -0.15) is 0 Å². The van der Waals surface area contributed by atoms with Crippen LogP contribution in [-0.2, 0) is 4.79 Å². The van der Waals surface area contributed by atoms with Gasteiger partial charge in [0.1, 0.15) is 5.75 Å². The summed E-state index contributed by atoms with van der Waals surface area (Å²) in [4.78, 5) is 10.9. The molecule has 0 aliphatic heterocycles. The number of carbonyl (C=O) groups excluding carboxylic acids is 1. The molecule has 2 aromatic rings. The van der Waals surface area contributed by atoms with Gasteiger partial charge in [0.25, 0.3) is 0 Å². The number of para-hydroxylation sites is 1. The van der Waals surface area contributed by atoms with E-state index in [1.807, 2.05) is 6.07 Å². The van der Waals surface area contributed by atoms with Crippen LogP contribution in [0.15, 0.2) is 42.5 Å². The van der Waals surface area contributed by atoms with Crippen LogP contribution in [0.1, 0.15) is 6.92 Å². The molecule has 100 valence electrons. The quantitative estimate of drug-likeness (QED) is 0.527. The molecule has 2 rings (SSSR count). The number of halogens is 2. The molecule has 2 aromatic carbocycles. The summed E-state index contributed by atoms with van der Waals surface area (Å²) in [6.45, 7) is 1.35. The molecule has 1 N–H and O–H groups in total. The molecule has 0 saturated heterocycles. The molecule has 20 heavy (non-hydrogen) atoms. The van der Waals surface area contributed by atoms with E-state index in [0.29, 0.717) is 21.5 Å². The van der Waals surface area contributed by atoms with Gasteiger partial charge in [0, 0.05) is 18.7 Å². The summed E-state index contributed by atoms with van der Waals surface area (Å²) in [6, 6.07) is 12.2. The summed E-state index contributed by atoms with van der Waals surface area (Å²) in [5.74, 6) is 0.0913. The van der Waals surface area contributed by atoms with Crippen LogP contribution in [0.3, 0.4) is 0 Å². The maximum absolute atomic E-state index is 10.9. The Kier molecular flexibility index (Phi) is 6.86. The molecule has 0 aliphatic carbocycles. The van der Waals surface area contributed by atoms with Crippen molar-refractivity contribution in [2.24, 2.45) is 0 Å². The number of esters is 1. The minimum absolute atomic E-state index is 0. The average molecular weight is 320 g/mol. The summed E-state index contributed by atoms with van der Waals surface area (Å²) in [7, 11) is 0. The van der Waals surface area contributed by atoms with Crippen LogP contribution in [-0.4, -0.2) is 35.5 Å². The first-order chi connectivity index (χ1) is 9.06. The van der Waals surface area contributed by atoms with Crippen LogP contribution in [0, 0.1) is 0 Å². The van der Waals surface area contributed by atoms with Crippen molar-refractivity contribution in [1.29, 1.82) is 0 Å². The Bertz CT molecular complexity index is 600. The van der Waals surface area contributed by atoms with Crippen molar-refractivity contribution in [1.82, 2.24) is 0 Å². The third-order valence-electron chi connectivity index (χ3n) is 2.33. The molecular formula is C14H12Cl2NNaO2. The normalized spacial score (nSPS) is 9.55. The summed E-state index contributed by atoms with van der Waals surface area (Å²) in [5, 5.41) is 4.14. The number of hydrogen-bond acceptors (Lipinski definition) is 3. The molecule has 0 heterocycles. The molecule has 0 aliphatic rings. The van der Waals surface area contributed by atoms with Gasteiger partial charge in [-0.15, -0.1) is 0 Å². The molecule has 6 heteroatoms. The van der Waals surface area contributed by atoms with Crippen LogP contribution in [0.5, 0.6) is 5.75 Å². The molecule has 0 radical (unpaired) electrons. The van der Waals surface area contributed by atoms with Crippen LogP contribution >= 0.6 is 23.2 Å². The topological polar surface area (TPSA) is 38.3 Å². The average Bonchev–Trinajstić information content (AvgIpc) is 2.34. The SMILES string of the molecule is CC(=O)Oc1cccc(Nc2c(Cl)cccc2Cl)c1.[NaH]. The Labute approximate surface area is 149 Å². The second-order valence-corrected chi connectivity index (χ2v) is 4.66. The molecular weight excluding hydrogens is 308 g/mol. The summed E-state index contributed by atoms with van der Waals surface area (Å²) in [6.07, 6.45) is 0. The van der Waals surface area contributed by atoms with Crippen molar-refractivity contribution in [2.75, 3.05) is 5.32 Å². The molecule has 0 bridgehead atoms. The number of benzene rings is 2. The van der Waals surface area contributed by atoms with Crippen LogP contribution in [0.2, 0.25) is 10.0 Å². The fourth-order valence-electron chi connectivity index (χ4n) is 1.56. The van der Waals surface area contributed by atoms with Crippen molar-refractivity contribution in [3.05, 3.63) is 52.5 Å². The fourth-order valence-corrected chi connectivity index (χ4v) is 2.06.